The third-order valence-corrected chi connectivity index (χ3v) is 4.17. The Labute approximate surface area is 125 Å². The average Bonchev–Trinajstić information content (AvgIpc) is 2.97. The van der Waals surface area contributed by atoms with Crippen LogP contribution in [0.25, 0.3) is 0 Å². The van der Waals surface area contributed by atoms with E-state index in [1.54, 1.807) is 6.07 Å². The van der Waals surface area contributed by atoms with Gasteiger partial charge in [0.2, 0.25) is 10.0 Å². The molecule has 0 atom stereocenters. The lowest BCUT2D eigenvalue weighted by Crippen LogP contribution is -2.22. The topological polar surface area (TPSA) is 124 Å². The Morgan fingerprint density at radius 3 is 2.81 bits per heavy atom. The lowest BCUT2D eigenvalue weighted by molar-refractivity contribution is 0.0954. The van der Waals surface area contributed by atoms with E-state index in [2.05, 4.69) is 14.9 Å². The van der Waals surface area contributed by atoms with Crippen LogP contribution in [0.5, 0.6) is 5.75 Å². The van der Waals surface area contributed by atoms with Gasteiger partial charge in [0.15, 0.2) is 0 Å². The summed E-state index contributed by atoms with van der Waals surface area (Å²) < 4.78 is 31.5. The van der Waals surface area contributed by atoms with Gasteiger partial charge in [0.05, 0.1) is 13.3 Å². The van der Waals surface area contributed by atoms with Crippen molar-refractivity contribution >= 4 is 27.5 Å². The van der Waals surface area contributed by atoms with Gasteiger partial charge in [0.25, 0.3) is 5.91 Å². The zero-order valence-corrected chi connectivity index (χ0v) is 12.6. The van der Waals surface area contributed by atoms with Crippen molar-refractivity contribution in [2.24, 2.45) is 5.14 Å². The Balaban J connectivity index is 2.16. The Hall–Kier alpha value is -2.04. The van der Waals surface area contributed by atoms with Crippen molar-refractivity contribution in [1.29, 1.82) is 0 Å². The highest BCUT2D eigenvalue weighted by Gasteiger charge is 2.16. The lowest BCUT2D eigenvalue weighted by Gasteiger charge is -2.09. The summed E-state index contributed by atoms with van der Waals surface area (Å²) in [5.41, 5.74) is 0.575. The van der Waals surface area contributed by atoms with Crippen LogP contribution in [0.4, 0.5) is 0 Å². The van der Waals surface area contributed by atoms with E-state index in [0.29, 0.717) is 10.4 Å². The molecule has 0 fully saturated rings. The van der Waals surface area contributed by atoms with E-state index < -0.39 is 10.0 Å². The number of hydrogen-bond donors (Lipinski definition) is 2. The summed E-state index contributed by atoms with van der Waals surface area (Å²) in [6.07, 6.45) is 1.35. The standard InChI is InChI=1S/C11H12N4O4S2/c1-19-8-3-2-7(4-10(8)21(12,17)18)5-13-11(16)9-6-14-15-20-9/h2-4,6H,5H2,1H3,(H,13,16)(H2,12,17,18). The molecule has 21 heavy (non-hydrogen) atoms. The molecule has 1 heterocycles. The van der Waals surface area contributed by atoms with Crippen molar-refractivity contribution in [3.05, 3.63) is 34.8 Å². The number of hydrogen-bond acceptors (Lipinski definition) is 7. The van der Waals surface area contributed by atoms with Crippen LogP contribution in [0.2, 0.25) is 0 Å². The number of aromatic nitrogens is 2. The Kier molecular flexibility index (Phi) is 4.50. The highest BCUT2D eigenvalue weighted by molar-refractivity contribution is 7.89. The predicted molar refractivity (Wildman–Crippen MR) is 75.4 cm³/mol. The summed E-state index contributed by atoms with van der Waals surface area (Å²) in [6.45, 7) is 0.142. The maximum absolute atomic E-state index is 11.7. The minimum absolute atomic E-state index is 0.129. The first-order chi connectivity index (χ1) is 9.91. The number of methoxy groups -OCH3 is 1. The average molecular weight is 328 g/mol. The van der Waals surface area contributed by atoms with Crippen LogP contribution in [0, 0.1) is 0 Å². The molecule has 0 saturated heterocycles. The van der Waals surface area contributed by atoms with Crippen molar-refractivity contribution < 1.29 is 17.9 Å². The molecule has 0 spiro atoms. The van der Waals surface area contributed by atoms with Gasteiger partial charge in [-0.05, 0) is 29.2 Å². The number of sulfonamides is 1. The molecular formula is C11H12N4O4S2. The summed E-state index contributed by atoms with van der Waals surface area (Å²) in [5, 5.41) is 11.3. The molecule has 2 rings (SSSR count). The molecule has 0 aliphatic carbocycles. The van der Waals surface area contributed by atoms with Crippen LogP contribution in [0.1, 0.15) is 15.2 Å². The quantitative estimate of drug-likeness (QED) is 0.803. The first-order valence-electron chi connectivity index (χ1n) is 5.67. The second-order valence-electron chi connectivity index (χ2n) is 3.99. The molecule has 0 aliphatic rings. The summed E-state index contributed by atoms with van der Waals surface area (Å²) >= 11 is 0.971. The van der Waals surface area contributed by atoms with Crippen LogP contribution < -0.4 is 15.2 Å². The number of nitrogens with zero attached hydrogens (tertiary/aromatic N) is 2. The molecule has 1 aromatic heterocycles. The van der Waals surface area contributed by atoms with Crippen LogP contribution in [-0.4, -0.2) is 31.0 Å². The van der Waals surface area contributed by atoms with Crippen LogP contribution in [-0.2, 0) is 16.6 Å². The first kappa shape index (κ1) is 15.4. The number of primary sulfonamides is 1. The van der Waals surface area contributed by atoms with Crippen molar-refractivity contribution in [2.75, 3.05) is 7.11 Å². The molecule has 1 aromatic carbocycles. The summed E-state index contributed by atoms with van der Waals surface area (Å²) in [7, 11) is -2.56. The zero-order chi connectivity index (χ0) is 15.5. The van der Waals surface area contributed by atoms with Crippen molar-refractivity contribution in [3.63, 3.8) is 0 Å². The molecular weight excluding hydrogens is 316 g/mol. The van der Waals surface area contributed by atoms with Gasteiger partial charge in [-0.2, -0.15) is 0 Å². The van der Waals surface area contributed by atoms with Gasteiger partial charge >= 0.3 is 0 Å². The van der Waals surface area contributed by atoms with Crippen molar-refractivity contribution in [1.82, 2.24) is 14.9 Å². The largest absolute Gasteiger partial charge is 0.495 e. The van der Waals surface area contributed by atoms with Crippen LogP contribution in [0.15, 0.2) is 29.3 Å². The van der Waals surface area contributed by atoms with E-state index in [0.717, 1.165) is 11.5 Å². The Bertz CT molecular complexity index is 744. The number of rotatable bonds is 5. The van der Waals surface area contributed by atoms with Gasteiger partial charge in [-0.15, -0.1) is 5.10 Å². The van der Waals surface area contributed by atoms with Crippen LogP contribution in [0.3, 0.4) is 0 Å². The monoisotopic (exact) mass is 328 g/mol. The number of carbonyl (C=O) groups is 1. The fraction of sp³-hybridized carbons (Fsp3) is 0.182. The van der Waals surface area contributed by atoms with Crippen molar-refractivity contribution in [3.8, 4) is 5.75 Å². The number of nitrogens with two attached hydrogens (primary N) is 1. The number of benzene rings is 1. The summed E-state index contributed by atoms with van der Waals surface area (Å²) in [5.74, 6) is -0.183. The molecule has 3 N–H and O–H groups in total. The maximum atomic E-state index is 11.7. The lowest BCUT2D eigenvalue weighted by atomic mass is 10.2. The zero-order valence-electron chi connectivity index (χ0n) is 10.9. The minimum Gasteiger partial charge on any atom is -0.495 e. The van der Waals surface area contributed by atoms with E-state index in [4.69, 9.17) is 9.88 Å². The number of ether oxygens (including phenoxy) is 1. The number of carbonyl (C=O) groups excluding carboxylic acids is 1. The predicted octanol–water partition coefficient (Wildman–Crippen LogP) is 0.124. The molecule has 0 aliphatic heterocycles. The third kappa shape index (κ3) is 3.74. The van der Waals surface area contributed by atoms with E-state index in [9.17, 15) is 13.2 Å². The van der Waals surface area contributed by atoms with E-state index in [-0.39, 0.29) is 23.1 Å². The second-order valence-corrected chi connectivity index (χ2v) is 6.31. The molecule has 0 saturated carbocycles. The van der Waals surface area contributed by atoms with Crippen LogP contribution >= 0.6 is 11.5 Å². The Morgan fingerprint density at radius 2 is 2.24 bits per heavy atom. The van der Waals surface area contributed by atoms with E-state index in [1.807, 2.05) is 0 Å². The summed E-state index contributed by atoms with van der Waals surface area (Å²) in [4.78, 5) is 12.0. The van der Waals surface area contributed by atoms with Gasteiger partial charge in [-0.1, -0.05) is 10.6 Å². The normalized spacial score (nSPS) is 11.1. The number of nitrogens with one attached hydrogen (secondary N) is 1. The second kappa shape index (κ2) is 6.16. The molecule has 0 bridgehead atoms. The summed E-state index contributed by atoms with van der Waals surface area (Å²) in [6, 6.07) is 4.48. The van der Waals surface area contributed by atoms with E-state index in [1.165, 1.54) is 25.4 Å². The van der Waals surface area contributed by atoms with E-state index >= 15 is 0 Å². The Morgan fingerprint density at radius 1 is 1.48 bits per heavy atom. The first-order valence-corrected chi connectivity index (χ1v) is 7.99. The molecule has 112 valence electrons. The van der Waals surface area contributed by atoms with Gasteiger partial charge in [0, 0.05) is 6.54 Å². The number of amides is 1. The molecule has 1 amide bonds. The molecule has 2 aromatic rings. The minimum atomic E-state index is -3.91. The SMILES string of the molecule is COc1ccc(CNC(=O)c2cnns2)cc1S(N)(=O)=O. The smallest absolute Gasteiger partial charge is 0.264 e. The fourth-order valence-electron chi connectivity index (χ4n) is 1.59. The van der Waals surface area contributed by atoms with Crippen molar-refractivity contribution in [2.45, 2.75) is 11.4 Å². The highest BCUT2D eigenvalue weighted by atomic mass is 32.2. The van der Waals surface area contributed by atoms with Gasteiger partial charge < -0.3 is 10.1 Å². The fourth-order valence-corrected chi connectivity index (χ4v) is 2.77. The molecule has 10 heteroatoms. The van der Waals surface area contributed by atoms with Gasteiger partial charge in [-0.25, -0.2) is 13.6 Å². The molecule has 0 radical (unpaired) electrons. The maximum Gasteiger partial charge on any atom is 0.264 e. The highest BCUT2D eigenvalue weighted by Crippen LogP contribution is 2.23. The van der Waals surface area contributed by atoms with Gasteiger partial charge in [0.1, 0.15) is 15.5 Å². The van der Waals surface area contributed by atoms with Gasteiger partial charge in [-0.3, -0.25) is 4.79 Å². The third-order valence-electron chi connectivity index (χ3n) is 2.57. The molecule has 8 nitrogen and oxygen atoms in total. The molecule has 0 unspecified atom stereocenters.